The second kappa shape index (κ2) is 13.1. The van der Waals surface area contributed by atoms with Crippen molar-refractivity contribution in [1.29, 1.82) is 0 Å². The van der Waals surface area contributed by atoms with Gasteiger partial charge in [-0.15, -0.1) is 0 Å². The van der Waals surface area contributed by atoms with Gasteiger partial charge in [-0.05, 0) is 52.4 Å². The van der Waals surface area contributed by atoms with E-state index in [1.54, 1.807) is 6.92 Å². The van der Waals surface area contributed by atoms with Crippen molar-refractivity contribution in [2.24, 2.45) is 0 Å². The van der Waals surface area contributed by atoms with Gasteiger partial charge in [0, 0.05) is 12.8 Å². The molecule has 40 heavy (non-hydrogen) atoms. The van der Waals surface area contributed by atoms with Crippen molar-refractivity contribution < 1.29 is 39.5 Å². The maximum Gasteiger partial charge on any atom is 0.405 e. The number of rotatable bonds is 14. The van der Waals surface area contributed by atoms with Gasteiger partial charge in [-0.3, -0.25) is 0 Å². The number of alkyl halides is 7. The molecule has 0 aromatic heterocycles. The van der Waals surface area contributed by atoms with Gasteiger partial charge in [0.1, 0.15) is 18.2 Å². The third kappa shape index (κ3) is 8.43. The Bertz CT molecular complexity index is 1250. The van der Waals surface area contributed by atoms with Crippen LogP contribution in [0.5, 0.6) is 0 Å². The minimum absolute atomic E-state index is 0.118. The van der Waals surface area contributed by atoms with Crippen LogP contribution in [-0.2, 0) is 18.4 Å². The first kappa shape index (κ1) is 32.6. The number of halogens is 9. The van der Waals surface area contributed by atoms with E-state index in [1.807, 2.05) is 0 Å². The average Bonchev–Trinajstić information content (AvgIpc) is 2.85. The highest BCUT2D eigenvalue weighted by Crippen LogP contribution is 2.39. The smallest absolute Gasteiger partial charge is 0.364 e. The SMILES string of the molecule is C=C/C=C(\C=C)C[C@](NC(=C)NCC(F)(F)F)(c1cc(F)cc(CC(F)(F)C(F)F)c1)c1ccc(F)c(CC)c1. The lowest BCUT2D eigenvalue weighted by atomic mass is 9.76. The van der Waals surface area contributed by atoms with E-state index >= 15 is 0 Å². The molecule has 0 saturated heterocycles. The fraction of sp³-hybridized carbons (Fsp3) is 0.310. The molecule has 2 aromatic carbocycles. The zero-order valence-corrected chi connectivity index (χ0v) is 21.6. The highest BCUT2D eigenvalue weighted by molar-refractivity contribution is 5.46. The van der Waals surface area contributed by atoms with Gasteiger partial charge in [0.25, 0.3) is 0 Å². The van der Waals surface area contributed by atoms with E-state index in [9.17, 15) is 39.5 Å². The van der Waals surface area contributed by atoms with Gasteiger partial charge in [-0.25, -0.2) is 17.6 Å². The normalized spacial score (nSPS) is 14.0. The molecule has 0 radical (unpaired) electrons. The Balaban J connectivity index is 2.90. The van der Waals surface area contributed by atoms with E-state index in [0.29, 0.717) is 11.6 Å². The first-order chi connectivity index (χ1) is 18.6. The molecule has 0 amide bonds. The summed E-state index contributed by atoms with van der Waals surface area (Å²) >= 11 is 0. The van der Waals surface area contributed by atoms with Crippen molar-refractivity contribution in [3.05, 3.63) is 120 Å². The summed E-state index contributed by atoms with van der Waals surface area (Å²) in [6.45, 7) is 11.0. The fourth-order valence-corrected chi connectivity index (χ4v) is 4.18. The second-order valence-corrected chi connectivity index (χ2v) is 9.08. The lowest BCUT2D eigenvalue weighted by Gasteiger charge is -2.39. The van der Waals surface area contributed by atoms with E-state index in [4.69, 9.17) is 0 Å². The third-order valence-corrected chi connectivity index (χ3v) is 6.06. The Morgan fingerprint density at radius 2 is 1.65 bits per heavy atom. The van der Waals surface area contributed by atoms with Crippen LogP contribution in [0.3, 0.4) is 0 Å². The van der Waals surface area contributed by atoms with Crippen LogP contribution in [0.15, 0.2) is 85.8 Å². The second-order valence-electron chi connectivity index (χ2n) is 9.08. The van der Waals surface area contributed by atoms with Gasteiger partial charge in [0.15, 0.2) is 0 Å². The molecule has 0 aliphatic heterocycles. The topological polar surface area (TPSA) is 24.1 Å². The molecule has 0 aliphatic carbocycles. The van der Waals surface area contributed by atoms with E-state index in [2.05, 4.69) is 30.4 Å². The minimum Gasteiger partial charge on any atom is -0.364 e. The summed E-state index contributed by atoms with van der Waals surface area (Å²) in [7, 11) is 0. The molecule has 2 aromatic rings. The largest absolute Gasteiger partial charge is 0.405 e. The van der Waals surface area contributed by atoms with E-state index in [0.717, 1.165) is 18.2 Å². The molecule has 0 saturated carbocycles. The highest BCUT2D eigenvalue weighted by Gasteiger charge is 2.42. The first-order valence-corrected chi connectivity index (χ1v) is 12.0. The number of nitrogens with one attached hydrogen (secondary N) is 2. The molecular formula is C29H29F9N2. The van der Waals surface area contributed by atoms with E-state index in [-0.39, 0.29) is 35.4 Å². The highest BCUT2D eigenvalue weighted by atomic mass is 19.4. The summed E-state index contributed by atoms with van der Waals surface area (Å²) in [5.41, 5.74) is -1.56. The summed E-state index contributed by atoms with van der Waals surface area (Å²) < 4.78 is 122. The quantitative estimate of drug-likeness (QED) is 0.175. The predicted molar refractivity (Wildman–Crippen MR) is 137 cm³/mol. The summed E-state index contributed by atoms with van der Waals surface area (Å²) in [4.78, 5) is 0. The number of aryl methyl sites for hydroxylation is 1. The molecule has 2 N–H and O–H groups in total. The Labute approximate surface area is 227 Å². The zero-order chi connectivity index (χ0) is 30.3. The van der Waals surface area contributed by atoms with E-state index in [1.165, 1.54) is 30.4 Å². The Morgan fingerprint density at radius 1 is 0.975 bits per heavy atom. The van der Waals surface area contributed by atoms with Crippen LogP contribution in [0, 0.1) is 11.6 Å². The van der Waals surface area contributed by atoms with Crippen LogP contribution < -0.4 is 10.6 Å². The maximum absolute atomic E-state index is 14.9. The summed E-state index contributed by atoms with van der Waals surface area (Å²) in [5, 5.41) is 4.90. The first-order valence-electron chi connectivity index (χ1n) is 12.0. The summed E-state index contributed by atoms with van der Waals surface area (Å²) in [6, 6.07) is 6.44. The number of hydrogen-bond acceptors (Lipinski definition) is 2. The molecule has 218 valence electrons. The van der Waals surface area contributed by atoms with Gasteiger partial charge in [0.05, 0.1) is 11.4 Å². The standard InChI is InChI=1S/C29H29F9N2/c1-5-8-19(6-2)15-27(40-18(4)39-17-29(36,37)38,22-9-10-25(31)21(7-3)13-22)23-11-20(12-24(30)14-23)16-28(34,35)26(32)33/h5-6,8-14,26,39-40H,1-2,4,7,15-17H2,3H3/b19-8+/t27-/m1/s1. The molecule has 0 unspecified atom stereocenters. The van der Waals surface area contributed by atoms with Crippen LogP contribution in [-0.4, -0.2) is 25.1 Å². The Morgan fingerprint density at radius 3 is 2.20 bits per heavy atom. The molecule has 11 heteroatoms. The molecule has 0 heterocycles. The van der Waals surface area contributed by atoms with Crippen LogP contribution in [0.4, 0.5) is 39.5 Å². The van der Waals surface area contributed by atoms with Gasteiger partial charge >= 0.3 is 18.5 Å². The lowest BCUT2D eigenvalue weighted by Crippen LogP contribution is -2.47. The minimum atomic E-state index is -4.64. The third-order valence-electron chi connectivity index (χ3n) is 6.06. The van der Waals surface area contributed by atoms with Crippen molar-refractivity contribution in [2.75, 3.05) is 6.54 Å². The summed E-state index contributed by atoms with van der Waals surface area (Å²) in [5.74, 6) is -6.52. The number of benzene rings is 2. The average molecular weight is 577 g/mol. The van der Waals surface area contributed by atoms with Crippen LogP contribution in [0.1, 0.15) is 35.6 Å². The number of allylic oxidation sites excluding steroid dienone is 3. The molecule has 0 fully saturated rings. The van der Waals surface area contributed by atoms with Gasteiger partial charge in [-0.1, -0.05) is 63.1 Å². The molecule has 0 aliphatic rings. The predicted octanol–water partition coefficient (Wildman–Crippen LogP) is 8.11. The Kier molecular flexibility index (Phi) is 10.7. The van der Waals surface area contributed by atoms with Crippen molar-refractivity contribution in [2.45, 2.75) is 50.2 Å². The molecule has 1 atom stereocenters. The lowest BCUT2D eigenvalue weighted by molar-refractivity contribution is -0.127. The molecule has 0 spiro atoms. The van der Waals surface area contributed by atoms with Gasteiger partial charge in [-0.2, -0.15) is 22.0 Å². The van der Waals surface area contributed by atoms with Crippen molar-refractivity contribution in [3.8, 4) is 0 Å². The Hall–Kier alpha value is -3.63. The molecule has 0 bridgehead atoms. The van der Waals surface area contributed by atoms with E-state index < -0.39 is 54.2 Å². The van der Waals surface area contributed by atoms with Crippen LogP contribution in [0.25, 0.3) is 0 Å². The van der Waals surface area contributed by atoms with Crippen molar-refractivity contribution in [1.82, 2.24) is 10.6 Å². The van der Waals surface area contributed by atoms with Crippen LogP contribution in [0.2, 0.25) is 0 Å². The van der Waals surface area contributed by atoms with Crippen LogP contribution >= 0.6 is 0 Å². The van der Waals surface area contributed by atoms with Gasteiger partial charge < -0.3 is 10.6 Å². The fourth-order valence-electron chi connectivity index (χ4n) is 4.18. The molecular weight excluding hydrogens is 547 g/mol. The zero-order valence-electron chi connectivity index (χ0n) is 21.6. The van der Waals surface area contributed by atoms with Crippen molar-refractivity contribution in [3.63, 3.8) is 0 Å². The monoisotopic (exact) mass is 576 g/mol. The van der Waals surface area contributed by atoms with Crippen molar-refractivity contribution >= 4 is 0 Å². The molecule has 2 rings (SSSR count). The van der Waals surface area contributed by atoms with Gasteiger partial charge in [0.2, 0.25) is 0 Å². The molecule has 2 nitrogen and oxygen atoms in total. The summed E-state index contributed by atoms with van der Waals surface area (Å²) in [6.07, 6.45) is -5.89. The maximum atomic E-state index is 14.9. The number of hydrogen-bond donors (Lipinski definition) is 2.